The Morgan fingerprint density at radius 2 is 2.08 bits per heavy atom. The molecule has 0 aliphatic rings. The topological polar surface area (TPSA) is 83.0 Å². The van der Waals surface area contributed by atoms with Crippen LogP contribution in [0, 0.1) is 6.92 Å². The number of benzene rings is 2. The third-order valence-electron chi connectivity index (χ3n) is 3.41. The monoisotopic (exact) mass is 327 g/mol. The number of rotatable bonds is 6. The van der Waals surface area contributed by atoms with Crippen LogP contribution in [0.25, 0.3) is 0 Å². The van der Waals surface area contributed by atoms with E-state index in [2.05, 4.69) is 15.8 Å². The van der Waals surface area contributed by atoms with Gasteiger partial charge in [-0.15, -0.1) is 0 Å². The molecule has 6 heteroatoms. The highest BCUT2D eigenvalue weighted by Crippen LogP contribution is 2.20. The van der Waals surface area contributed by atoms with Gasteiger partial charge >= 0.3 is 0 Å². The van der Waals surface area contributed by atoms with E-state index in [0.29, 0.717) is 11.3 Å². The summed E-state index contributed by atoms with van der Waals surface area (Å²) in [4.78, 5) is 12.1. The number of hydrazone groups is 1. The number of phenols is 1. The smallest absolute Gasteiger partial charge is 0.262 e. The van der Waals surface area contributed by atoms with Crippen molar-refractivity contribution in [2.75, 3.05) is 12.4 Å². The summed E-state index contributed by atoms with van der Waals surface area (Å²) in [7, 11) is 1.54. The number of aryl methyl sites for hydroxylation is 1. The summed E-state index contributed by atoms with van der Waals surface area (Å²) >= 11 is 0. The molecule has 0 heterocycles. The molecule has 0 fully saturated rings. The van der Waals surface area contributed by atoms with E-state index < -0.39 is 6.04 Å². The van der Waals surface area contributed by atoms with E-state index >= 15 is 0 Å². The highest BCUT2D eigenvalue weighted by molar-refractivity contribution is 5.88. The molecular weight excluding hydrogens is 306 g/mol. The Hall–Kier alpha value is -3.02. The number of nitrogens with zero attached hydrogens (tertiary/aromatic N) is 1. The Kier molecular flexibility index (Phi) is 5.78. The van der Waals surface area contributed by atoms with Crippen LogP contribution in [0.3, 0.4) is 0 Å². The Bertz CT molecular complexity index is 744. The summed E-state index contributed by atoms with van der Waals surface area (Å²) in [6.45, 7) is 3.73. The van der Waals surface area contributed by atoms with Gasteiger partial charge in [0.15, 0.2) is 0 Å². The van der Waals surface area contributed by atoms with Crippen molar-refractivity contribution >= 4 is 17.8 Å². The molecule has 24 heavy (non-hydrogen) atoms. The number of amides is 1. The van der Waals surface area contributed by atoms with Crippen LogP contribution in [0.2, 0.25) is 0 Å². The van der Waals surface area contributed by atoms with Gasteiger partial charge in [0.25, 0.3) is 5.91 Å². The number of ether oxygens (including phenoxy) is 1. The fourth-order valence-corrected chi connectivity index (χ4v) is 2.08. The van der Waals surface area contributed by atoms with Crippen molar-refractivity contribution < 1.29 is 14.6 Å². The lowest BCUT2D eigenvalue weighted by molar-refractivity contribution is -0.121. The zero-order valence-corrected chi connectivity index (χ0v) is 13.9. The molecule has 2 aromatic carbocycles. The van der Waals surface area contributed by atoms with Crippen molar-refractivity contribution in [3.05, 3.63) is 53.6 Å². The number of hydrogen-bond donors (Lipinski definition) is 3. The average molecular weight is 327 g/mol. The molecule has 126 valence electrons. The molecule has 0 bridgehead atoms. The zero-order chi connectivity index (χ0) is 17.5. The Morgan fingerprint density at radius 1 is 1.29 bits per heavy atom. The van der Waals surface area contributed by atoms with Crippen LogP contribution < -0.4 is 15.5 Å². The first-order chi connectivity index (χ1) is 11.5. The van der Waals surface area contributed by atoms with E-state index in [1.54, 1.807) is 19.1 Å². The largest absolute Gasteiger partial charge is 0.507 e. The van der Waals surface area contributed by atoms with Crippen molar-refractivity contribution in [1.82, 2.24) is 5.43 Å². The predicted molar refractivity (Wildman–Crippen MR) is 94.7 cm³/mol. The van der Waals surface area contributed by atoms with E-state index in [1.165, 1.54) is 19.4 Å². The fourth-order valence-electron chi connectivity index (χ4n) is 2.08. The van der Waals surface area contributed by atoms with Crippen LogP contribution in [-0.2, 0) is 4.79 Å². The summed E-state index contributed by atoms with van der Waals surface area (Å²) < 4.78 is 5.08. The molecule has 2 rings (SSSR count). The molecule has 1 atom stereocenters. The maximum absolute atomic E-state index is 12.1. The van der Waals surface area contributed by atoms with Gasteiger partial charge in [-0.05, 0) is 49.7 Å². The summed E-state index contributed by atoms with van der Waals surface area (Å²) in [6.07, 6.45) is 1.37. The van der Waals surface area contributed by atoms with E-state index in [9.17, 15) is 9.90 Å². The second-order valence-corrected chi connectivity index (χ2v) is 5.39. The normalized spacial score (nSPS) is 12.0. The minimum atomic E-state index is -0.456. The molecule has 0 aromatic heterocycles. The molecule has 0 spiro atoms. The number of carbonyl (C=O) groups excluding carboxylic acids is 1. The summed E-state index contributed by atoms with van der Waals surface area (Å²) in [5.41, 5.74) is 4.88. The van der Waals surface area contributed by atoms with Crippen molar-refractivity contribution in [1.29, 1.82) is 0 Å². The second-order valence-electron chi connectivity index (χ2n) is 5.39. The minimum absolute atomic E-state index is 0.0553. The van der Waals surface area contributed by atoms with Crippen LogP contribution in [0.5, 0.6) is 11.5 Å². The Labute approximate surface area is 141 Å². The van der Waals surface area contributed by atoms with Gasteiger partial charge in [-0.3, -0.25) is 4.79 Å². The third-order valence-corrected chi connectivity index (χ3v) is 3.41. The van der Waals surface area contributed by atoms with Crippen molar-refractivity contribution in [2.24, 2.45) is 5.10 Å². The first-order valence-corrected chi connectivity index (χ1v) is 7.52. The molecule has 1 amide bonds. The van der Waals surface area contributed by atoms with Gasteiger partial charge in [0.2, 0.25) is 0 Å². The first-order valence-electron chi connectivity index (χ1n) is 7.52. The molecule has 0 saturated carbocycles. The van der Waals surface area contributed by atoms with Gasteiger partial charge in [-0.2, -0.15) is 5.10 Å². The Morgan fingerprint density at radius 3 is 2.79 bits per heavy atom. The van der Waals surface area contributed by atoms with Crippen molar-refractivity contribution in [3.63, 3.8) is 0 Å². The highest BCUT2D eigenvalue weighted by atomic mass is 16.5. The standard InChI is InChI=1S/C18H21N3O3/c1-12-5-4-6-15(9-12)20-13(2)18(23)21-19-11-14-10-16(24-3)7-8-17(14)22/h4-11,13,20,22H,1-3H3,(H,21,23)/t13-/m1/s1. The SMILES string of the molecule is COc1ccc(O)c(C=NNC(=O)[C@@H](C)Nc2cccc(C)c2)c1. The van der Waals surface area contributed by atoms with Gasteiger partial charge in [0.1, 0.15) is 17.5 Å². The average Bonchev–Trinajstić information content (AvgIpc) is 2.56. The van der Waals surface area contributed by atoms with Gasteiger partial charge in [-0.1, -0.05) is 12.1 Å². The number of phenolic OH excluding ortho intramolecular Hbond substituents is 1. The number of anilines is 1. The molecule has 6 nitrogen and oxygen atoms in total. The van der Waals surface area contributed by atoms with Crippen LogP contribution in [-0.4, -0.2) is 30.4 Å². The predicted octanol–water partition coefficient (Wildman–Crippen LogP) is 2.66. The van der Waals surface area contributed by atoms with Crippen LogP contribution in [0.15, 0.2) is 47.6 Å². The second kappa shape index (κ2) is 8.01. The van der Waals surface area contributed by atoms with Crippen LogP contribution >= 0.6 is 0 Å². The lowest BCUT2D eigenvalue weighted by atomic mass is 10.2. The Balaban J connectivity index is 1.94. The first kappa shape index (κ1) is 17.3. The number of nitrogens with one attached hydrogen (secondary N) is 2. The van der Waals surface area contributed by atoms with Gasteiger partial charge in [0, 0.05) is 11.3 Å². The third kappa shape index (κ3) is 4.74. The molecule has 0 saturated heterocycles. The van der Waals surface area contributed by atoms with E-state index in [-0.39, 0.29) is 11.7 Å². The maximum atomic E-state index is 12.1. The van der Waals surface area contributed by atoms with Crippen LogP contribution in [0.1, 0.15) is 18.1 Å². The lowest BCUT2D eigenvalue weighted by Gasteiger charge is -2.13. The molecule has 3 N–H and O–H groups in total. The number of carbonyl (C=O) groups is 1. The van der Waals surface area contributed by atoms with Gasteiger partial charge < -0.3 is 15.2 Å². The zero-order valence-electron chi connectivity index (χ0n) is 13.9. The number of hydrogen-bond acceptors (Lipinski definition) is 5. The van der Waals surface area contributed by atoms with Gasteiger partial charge in [-0.25, -0.2) is 5.43 Å². The van der Waals surface area contributed by atoms with Crippen molar-refractivity contribution in [3.8, 4) is 11.5 Å². The van der Waals surface area contributed by atoms with Crippen molar-refractivity contribution in [2.45, 2.75) is 19.9 Å². The number of methoxy groups -OCH3 is 1. The van der Waals surface area contributed by atoms with E-state index in [0.717, 1.165) is 11.3 Å². The molecule has 0 radical (unpaired) electrons. The molecular formula is C18H21N3O3. The molecule has 0 aliphatic heterocycles. The molecule has 0 aliphatic carbocycles. The molecule has 2 aromatic rings. The maximum Gasteiger partial charge on any atom is 0.262 e. The summed E-state index contributed by atoms with van der Waals surface area (Å²) in [5.74, 6) is 0.366. The lowest BCUT2D eigenvalue weighted by Crippen LogP contribution is -2.34. The summed E-state index contributed by atoms with van der Waals surface area (Å²) in [6, 6.07) is 12.1. The quantitative estimate of drug-likeness (QED) is 0.563. The van der Waals surface area contributed by atoms with Crippen LogP contribution in [0.4, 0.5) is 5.69 Å². The van der Waals surface area contributed by atoms with E-state index in [1.807, 2.05) is 31.2 Å². The summed E-state index contributed by atoms with van der Waals surface area (Å²) in [5, 5.41) is 16.7. The van der Waals surface area contributed by atoms with E-state index in [4.69, 9.17) is 4.74 Å². The molecule has 0 unspecified atom stereocenters. The number of aromatic hydroxyl groups is 1. The highest BCUT2D eigenvalue weighted by Gasteiger charge is 2.11. The minimum Gasteiger partial charge on any atom is -0.507 e. The van der Waals surface area contributed by atoms with Gasteiger partial charge in [0.05, 0.1) is 13.3 Å². The fraction of sp³-hybridized carbons (Fsp3) is 0.222.